The van der Waals surface area contributed by atoms with E-state index in [0.29, 0.717) is 18.8 Å². The lowest BCUT2D eigenvalue weighted by Gasteiger charge is -2.20. The molecule has 0 aliphatic rings. The molecular formula is C12H21N5O2. The molecule has 0 bridgehead atoms. The predicted octanol–water partition coefficient (Wildman–Crippen LogP) is 0.674. The van der Waals surface area contributed by atoms with Crippen LogP contribution in [0.1, 0.15) is 37.0 Å². The number of hydrogen-bond donors (Lipinski definition) is 2. The fourth-order valence-corrected chi connectivity index (χ4v) is 1.77. The second-order valence-electron chi connectivity index (χ2n) is 4.10. The van der Waals surface area contributed by atoms with Crippen LogP contribution >= 0.6 is 0 Å². The molecule has 7 nitrogen and oxygen atoms in total. The van der Waals surface area contributed by atoms with E-state index in [-0.39, 0.29) is 18.3 Å². The first-order valence-electron chi connectivity index (χ1n) is 6.39. The Kier molecular flexibility index (Phi) is 5.35. The second kappa shape index (κ2) is 6.77. The summed E-state index contributed by atoms with van der Waals surface area (Å²) in [6.45, 7) is 6.97. The Morgan fingerprint density at radius 3 is 2.68 bits per heavy atom. The van der Waals surface area contributed by atoms with E-state index in [1.807, 2.05) is 20.8 Å². The van der Waals surface area contributed by atoms with Crippen LogP contribution in [-0.4, -0.2) is 44.7 Å². The van der Waals surface area contributed by atoms with Crippen LogP contribution in [-0.2, 0) is 13.0 Å². The average molecular weight is 267 g/mol. The fourth-order valence-electron chi connectivity index (χ4n) is 1.77. The Labute approximate surface area is 112 Å². The van der Waals surface area contributed by atoms with Gasteiger partial charge in [0.05, 0.1) is 12.2 Å². The summed E-state index contributed by atoms with van der Waals surface area (Å²) in [6, 6.07) is 1.79. The summed E-state index contributed by atoms with van der Waals surface area (Å²) >= 11 is 0. The number of carbonyl (C=O) groups is 1. The third-order valence-electron chi connectivity index (χ3n) is 2.86. The summed E-state index contributed by atoms with van der Waals surface area (Å²) in [6.07, 6.45) is 0.777. The number of likely N-dealkylation sites (N-methyl/N-ethyl adjacent to an activating group) is 1. The number of amides is 1. The van der Waals surface area contributed by atoms with Crippen LogP contribution in [0.25, 0.3) is 0 Å². The molecule has 1 aromatic rings. The van der Waals surface area contributed by atoms with Crippen LogP contribution in [0.2, 0.25) is 0 Å². The van der Waals surface area contributed by atoms with E-state index in [2.05, 4.69) is 10.3 Å². The van der Waals surface area contributed by atoms with E-state index in [1.54, 1.807) is 10.7 Å². The SMILES string of the molecule is CCc1cc(C(=O)N(CC)CC(N)=NO)n(CC)n1. The summed E-state index contributed by atoms with van der Waals surface area (Å²) < 4.78 is 1.68. The van der Waals surface area contributed by atoms with E-state index in [0.717, 1.165) is 12.1 Å². The van der Waals surface area contributed by atoms with E-state index in [1.165, 1.54) is 4.90 Å². The molecule has 0 aliphatic carbocycles. The molecule has 19 heavy (non-hydrogen) atoms. The van der Waals surface area contributed by atoms with Crippen LogP contribution in [0, 0.1) is 0 Å². The largest absolute Gasteiger partial charge is 0.409 e. The first-order chi connectivity index (χ1) is 9.07. The highest BCUT2D eigenvalue weighted by Gasteiger charge is 2.20. The third kappa shape index (κ3) is 3.46. The van der Waals surface area contributed by atoms with E-state index in [4.69, 9.17) is 10.9 Å². The van der Waals surface area contributed by atoms with Gasteiger partial charge in [0.15, 0.2) is 5.84 Å². The lowest BCUT2D eigenvalue weighted by Crippen LogP contribution is -2.39. The zero-order chi connectivity index (χ0) is 14.4. The van der Waals surface area contributed by atoms with Crippen LogP contribution in [0.5, 0.6) is 0 Å². The van der Waals surface area contributed by atoms with Crippen molar-refractivity contribution in [1.29, 1.82) is 0 Å². The molecule has 1 amide bonds. The van der Waals surface area contributed by atoms with E-state index in [9.17, 15) is 4.79 Å². The molecule has 0 radical (unpaired) electrons. The molecule has 0 saturated carbocycles. The molecule has 0 saturated heterocycles. The Hall–Kier alpha value is -2.05. The third-order valence-corrected chi connectivity index (χ3v) is 2.86. The number of carbonyl (C=O) groups excluding carboxylic acids is 1. The van der Waals surface area contributed by atoms with Gasteiger partial charge >= 0.3 is 0 Å². The lowest BCUT2D eigenvalue weighted by molar-refractivity contribution is 0.0774. The summed E-state index contributed by atoms with van der Waals surface area (Å²) in [5, 5.41) is 15.8. The molecule has 0 aromatic carbocycles. The minimum absolute atomic E-state index is 0.00785. The van der Waals surface area contributed by atoms with Crippen molar-refractivity contribution in [3.05, 3.63) is 17.5 Å². The maximum Gasteiger partial charge on any atom is 0.272 e. The standard InChI is InChI=1S/C12H21N5O2/c1-4-9-7-10(17(6-3)14-9)12(18)16(5-2)8-11(13)15-19/h7,19H,4-6,8H2,1-3H3,(H2,13,15). The van der Waals surface area contributed by atoms with Crippen molar-refractivity contribution in [2.45, 2.75) is 33.7 Å². The van der Waals surface area contributed by atoms with Gasteiger partial charge in [0.1, 0.15) is 5.69 Å². The first kappa shape index (κ1) is 15.0. The quantitative estimate of drug-likeness (QED) is 0.343. The van der Waals surface area contributed by atoms with E-state index < -0.39 is 0 Å². The van der Waals surface area contributed by atoms with Crippen molar-refractivity contribution < 1.29 is 10.0 Å². The van der Waals surface area contributed by atoms with Gasteiger partial charge < -0.3 is 15.8 Å². The zero-order valence-corrected chi connectivity index (χ0v) is 11.6. The number of nitrogens with two attached hydrogens (primary N) is 1. The second-order valence-corrected chi connectivity index (χ2v) is 4.10. The number of amidine groups is 1. The van der Waals surface area contributed by atoms with Crippen LogP contribution in [0.4, 0.5) is 0 Å². The molecule has 106 valence electrons. The van der Waals surface area contributed by atoms with Crippen molar-refractivity contribution in [3.8, 4) is 0 Å². The lowest BCUT2D eigenvalue weighted by atomic mass is 10.2. The van der Waals surface area contributed by atoms with Gasteiger partial charge in [-0.25, -0.2) is 0 Å². The Morgan fingerprint density at radius 2 is 2.21 bits per heavy atom. The van der Waals surface area contributed by atoms with Gasteiger partial charge in [-0.3, -0.25) is 9.48 Å². The highest BCUT2D eigenvalue weighted by Crippen LogP contribution is 2.09. The molecule has 3 N–H and O–H groups in total. The minimum Gasteiger partial charge on any atom is -0.409 e. The maximum atomic E-state index is 12.4. The minimum atomic E-state index is -0.164. The molecule has 1 heterocycles. The molecule has 1 rings (SSSR count). The smallest absolute Gasteiger partial charge is 0.272 e. The number of nitrogens with zero attached hydrogens (tertiary/aromatic N) is 4. The molecule has 0 aliphatic heterocycles. The fraction of sp³-hybridized carbons (Fsp3) is 0.583. The van der Waals surface area contributed by atoms with Crippen LogP contribution in [0.3, 0.4) is 0 Å². The topological polar surface area (TPSA) is 96.7 Å². The number of rotatable bonds is 6. The van der Waals surface area contributed by atoms with Crippen LogP contribution < -0.4 is 5.73 Å². The number of hydrogen-bond acceptors (Lipinski definition) is 4. The van der Waals surface area contributed by atoms with E-state index >= 15 is 0 Å². The van der Waals surface area contributed by atoms with Gasteiger partial charge in [-0.05, 0) is 26.3 Å². The number of aryl methyl sites for hydroxylation is 2. The molecule has 0 atom stereocenters. The normalized spacial score (nSPS) is 11.6. The number of aromatic nitrogens is 2. The predicted molar refractivity (Wildman–Crippen MR) is 72.3 cm³/mol. The van der Waals surface area contributed by atoms with Crippen LogP contribution in [0.15, 0.2) is 11.2 Å². The Morgan fingerprint density at radius 1 is 1.53 bits per heavy atom. The average Bonchev–Trinajstić information content (AvgIpc) is 2.86. The Balaban J connectivity index is 2.99. The molecule has 1 aromatic heterocycles. The van der Waals surface area contributed by atoms with Crippen molar-refractivity contribution in [1.82, 2.24) is 14.7 Å². The van der Waals surface area contributed by atoms with Gasteiger partial charge in [0.25, 0.3) is 5.91 Å². The monoisotopic (exact) mass is 267 g/mol. The highest BCUT2D eigenvalue weighted by atomic mass is 16.4. The molecule has 0 fully saturated rings. The van der Waals surface area contributed by atoms with Gasteiger partial charge in [-0.2, -0.15) is 5.10 Å². The summed E-state index contributed by atoms with van der Waals surface area (Å²) in [7, 11) is 0. The summed E-state index contributed by atoms with van der Waals surface area (Å²) in [4.78, 5) is 13.9. The summed E-state index contributed by atoms with van der Waals surface area (Å²) in [5.74, 6) is -0.156. The van der Waals surface area contributed by atoms with Crippen molar-refractivity contribution in [2.24, 2.45) is 10.9 Å². The molecule has 0 unspecified atom stereocenters. The highest BCUT2D eigenvalue weighted by molar-refractivity contribution is 5.95. The summed E-state index contributed by atoms with van der Waals surface area (Å²) in [5.41, 5.74) is 6.86. The first-order valence-corrected chi connectivity index (χ1v) is 6.39. The number of oxime groups is 1. The maximum absolute atomic E-state index is 12.4. The zero-order valence-electron chi connectivity index (χ0n) is 11.6. The van der Waals surface area contributed by atoms with Crippen molar-refractivity contribution in [3.63, 3.8) is 0 Å². The van der Waals surface area contributed by atoms with Gasteiger partial charge in [0.2, 0.25) is 0 Å². The van der Waals surface area contributed by atoms with Crippen molar-refractivity contribution >= 4 is 11.7 Å². The van der Waals surface area contributed by atoms with Crippen molar-refractivity contribution in [2.75, 3.05) is 13.1 Å². The molecule has 0 spiro atoms. The molecular weight excluding hydrogens is 246 g/mol. The van der Waals surface area contributed by atoms with Gasteiger partial charge in [-0.1, -0.05) is 12.1 Å². The molecule has 7 heteroatoms. The Bertz CT molecular complexity index is 467. The van der Waals surface area contributed by atoms with Gasteiger partial charge in [0, 0.05) is 13.1 Å². The van der Waals surface area contributed by atoms with Gasteiger partial charge in [-0.15, -0.1) is 0 Å².